The van der Waals surface area contributed by atoms with Gasteiger partial charge in [0.15, 0.2) is 5.96 Å². The standard InChI is InChI=1S/C17H34N4O/c1-5-14-7-9-15(10-8-14)21-17(18-6-2)20-12-11-19-16(22)13(3)4/h13-15H,5-12H2,1-4H3,(H,19,22)(H2,18,20,21). The van der Waals surface area contributed by atoms with Gasteiger partial charge < -0.3 is 16.0 Å². The number of hydrogen-bond donors (Lipinski definition) is 3. The third kappa shape index (κ3) is 7.14. The molecule has 128 valence electrons. The highest BCUT2D eigenvalue weighted by Crippen LogP contribution is 2.26. The quantitative estimate of drug-likeness (QED) is 0.384. The number of carbonyl (C=O) groups excluding carboxylic acids is 1. The lowest BCUT2D eigenvalue weighted by Crippen LogP contribution is -2.45. The number of rotatable bonds is 7. The summed E-state index contributed by atoms with van der Waals surface area (Å²) in [6.07, 6.45) is 6.40. The first-order valence-electron chi connectivity index (χ1n) is 8.89. The number of carbonyl (C=O) groups is 1. The van der Waals surface area contributed by atoms with E-state index in [-0.39, 0.29) is 11.8 Å². The molecule has 0 aromatic heterocycles. The molecule has 1 fully saturated rings. The fourth-order valence-corrected chi connectivity index (χ4v) is 2.78. The summed E-state index contributed by atoms with van der Waals surface area (Å²) in [5.74, 6) is 1.90. The van der Waals surface area contributed by atoms with E-state index in [0.29, 0.717) is 19.1 Å². The molecule has 0 aromatic carbocycles. The molecule has 1 aliphatic rings. The molecule has 1 rings (SSSR count). The molecule has 0 bridgehead atoms. The molecular weight excluding hydrogens is 276 g/mol. The topological polar surface area (TPSA) is 65.5 Å². The number of amides is 1. The minimum atomic E-state index is 0.0316. The highest BCUT2D eigenvalue weighted by atomic mass is 16.1. The average molecular weight is 310 g/mol. The van der Waals surface area contributed by atoms with E-state index in [1.165, 1.54) is 32.1 Å². The third-order valence-corrected chi connectivity index (χ3v) is 4.31. The smallest absolute Gasteiger partial charge is 0.222 e. The van der Waals surface area contributed by atoms with E-state index in [4.69, 9.17) is 0 Å². The van der Waals surface area contributed by atoms with E-state index < -0.39 is 0 Å². The molecule has 22 heavy (non-hydrogen) atoms. The monoisotopic (exact) mass is 310 g/mol. The lowest BCUT2D eigenvalue weighted by atomic mass is 9.84. The van der Waals surface area contributed by atoms with Crippen molar-refractivity contribution in [1.82, 2.24) is 16.0 Å². The van der Waals surface area contributed by atoms with Crippen molar-refractivity contribution < 1.29 is 4.79 Å². The molecular formula is C17H34N4O. The SMILES string of the molecule is CCNC(=NCCNC(=O)C(C)C)NC1CCC(CC)CC1. The minimum Gasteiger partial charge on any atom is -0.357 e. The number of nitrogens with one attached hydrogen (secondary N) is 3. The summed E-state index contributed by atoms with van der Waals surface area (Å²) in [6.45, 7) is 10.2. The van der Waals surface area contributed by atoms with E-state index in [2.05, 4.69) is 34.8 Å². The van der Waals surface area contributed by atoms with E-state index in [0.717, 1.165) is 18.4 Å². The zero-order chi connectivity index (χ0) is 16.4. The predicted octanol–water partition coefficient (Wildman–Crippen LogP) is 2.28. The molecule has 0 aliphatic heterocycles. The Labute approximate surface area is 135 Å². The van der Waals surface area contributed by atoms with E-state index >= 15 is 0 Å². The fourth-order valence-electron chi connectivity index (χ4n) is 2.78. The highest BCUT2D eigenvalue weighted by Gasteiger charge is 2.20. The van der Waals surface area contributed by atoms with E-state index in [1.54, 1.807) is 0 Å². The largest absolute Gasteiger partial charge is 0.357 e. The molecule has 1 aliphatic carbocycles. The first-order chi connectivity index (χ1) is 10.6. The first-order valence-corrected chi connectivity index (χ1v) is 8.89. The maximum atomic E-state index is 11.5. The summed E-state index contributed by atoms with van der Waals surface area (Å²) in [6, 6.07) is 0.533. The molecule has 5 heteroatoms. The Morgan fingerprint density at radius 1 is 1.14 bits per heavy atom. The van der Waals surface area contributed by atoms with E-state index in [9.17, 15) is 4.79 Å². The predicted molar refractivity (Wildman–Crippen MR) is 93.0 cm³/mol. The summed E-state index contributed by atoms with van der Waals surface area (Å²) >= 11 is 0. The summed E-state index contributed by atoms with van der Waals surface area (Å²) in [5.41, 5.74) is 0. The Hall–Kier alpha value is -1.26. The second-order valence-electron chi connectivity index (χ2n) is 6.48. The molecule has 0 heterocycles. The third-order valence-electron chi connectivity index (χ3n) is 4.31. The van der Waals surface area contributed by atoms with Gasteiger partial charge >= 0.3 is 0 Å². The van der Waals surface area contributed by atoms with Gasteiger partial charge in [-0.25, -0.2) is 0 Å². The van der Waals surface area contributed by atoms with Crippen molar-refractivity contribution in [2.24, 2.45) is 16.8 Å². The molecule has 1 amide bonds. The number of nitrogens with zero attached hydrogens (tertiary/aromatic N) is 1. The van der Waals surface area contributed by atoms with Crippen LogP contribution in [0.25, 0.3) is 0 Å². The second kappa shape index (κ2) is 10.5. The van der Waals surface area contributed by atoms with E-state index in [1.807, 2.05) is 13.8 Å². The van der Waals surface area contributed by atoms with Crippen molar-refractivity contribution in [3.05, 3.63) is 0 Å². The zero-order valence-electron chi connectivity index (χ0n) is 14.7. The van der Waals surface area contributed by atoms with Gasteiger partial charge in [0, 0.05) is 25.0 Å². The number of aliphatic imine (C=N–C) groups is 1. The molecule has 0 radical (unpaired) electrons. The van der Waals surface area contributed by atoms with Crippen LogP contribution in [0.15, 0.2) is 4.99 Å². The maximum absolute atomic E-state index is 11.5. The molecule has 0 saturated heterocycles. The van der Waals surface area contributed by atoms with Gasteiger partial charge in [0.25, 0.3) is 0 Å². The van der Waals surface area contributed by atoms with Crippen molar-refractivity contribution in [3.63, 3.8) is 0 Å². The van der Waals surface area contributed by atoms with Crippen molar-refractivity contribution >= 4 is 11.9 Å². The lowest BCUT2D eigenvalue weighted by Gasteiger charge is -2.29. The number of hydrogen-bond acceptors (Lipinski definition) is 2. The Balaban J connectivity index is 2.34. The van der Waals surface area contributed by atoms with Crippen LogP contribution in [0.4, 0.5) is 0 Å². The van der Waals surface area contributed by atoms with Crippen LogP contribution < -0.4 is 16.0 Å². The number of guanidine groups is 1. The summed E-state index contributed by atoms with van der Waals surface area (Å²) < 4.78 is 0. The van der Waals surface area contributed by atoms with Crippen molar-refractivity contribution in [2.75, 3.05) is 19.6 Å². The maximum Gasteiger partial charge on any atom is 0.222 e. The molecule has 0 atom stereocenters. The van der Waals surface area contributed by atoms with Crippen LogP contribution in [0.3, 0.4) is 0 Å². The molecule has 0 unspecified atom stereocenters. The van der Waals surface area contributed by atoms with Crippen LogP contribution in [0, 0.1) is 11.8 Å². The van der Waals surface area contributed by atoms with Gasteiger partial charge in [0.1, 0.15) is 0 Å². The average Bonchev–Trinajstić information content (AvgIpc) is 2.52. The zero-order valence-corrected chi connectivity index (χ0v) is 14.7. The van der Waals surface area contributed by atoms with Gasteiger partial charge in [0.2, 0.25) is 5.91 Å². The molecule has 0 aromatic rings. The van der Waals surface area contributed by atoms with Crippen LogP contribution in [-0.4, -0.2) is 37.5 Å². The first kappa shape index (κ1) is 18.8. The van der Waals surface area contributed by atoms with Crippen LogP contribution in [0.1, 0.15) is 59.8 Å². The van der Waals surface area contributed by atoms with Crippen molar-refractivity contribution in [2.45, 2.75) is 65.8 Å². The summed E-state index contributed by atoms with van der Waals surface area (Å²) in [7, 11) is 0. The van der Waals surface area contributed by atoms with Gasteiger partial charge in [-0.3, -0.25) is 9.79 Å². The molecule has 1 saturated carbocycles. The Morgan fingerprint density at radius 3 is 2.36 bits per heavy atom. The highest BCUT2D eigenvalue weighted by molar-refractivity contribution is 5.80. The Kier molecular flexibility index (Phi) is 8.94. The normalized spacial score (nSPS) is 22.5. The van der Waals surface area contributed by atoms with Gasteiger partial charge in [0.05, 0.1) is 6.54 Å². The van der Waals surface area contributed by atoms with Crippen LogP contribution in [0.2, 0.25) is 0 Å². The van der Waals surface area contributed by atoms with Crippen LogP contribution >= 0.6 is 0 Å². The molecule has 5 nitrogen and oxygen atoms in total. The van der Waals surface area contributed by atoms with Crippen molar-refractivity contribution in [3.8, 4) is 0 Å². The van der Waals surface area contributed by atoms with Crippen molar-refractivity contribution in [1.29, 1.82) is 0 Å². The lowest BCUT2D eigenvalue weighted by molar-refractivity contribution is -0.123. The fraction of sp³-hybridized carbons (Fsp3) is 0.882. The van der Waals surface area contributed by atoms with Gasteiger partial charge in [-0.05, 0) is 38.5 Å². The molecule has 0 spiro atoms. The van der Waals surface area contributed by atoms with Crippen LogP contribution in [0.5, 0.6) is 0 Å². The van der Waals surface area contributed by atoms with Gasteiger partial charge in [-0.2, -0.15) is 0 Å². The summed E-state index contributed by atoms with van der Waals surface area (Å²) in [4.78, 5) is 16.1. The minimum absolute atomic E-state index is 0.0316. The van der Waals surface area contributed by atoms with Gasteiger partial charge in [-0.15, -0.1) is 0 Å². The molecule has 3 N–H and O–H groups in total. The Morgan fingerprint density at radius 2 is 1.82 bits per heavy atom. The summed E-state index contributed by atoms with van der Waals surface area (Å²) in [5, 5.41) is 9.73. The van der Waals surface area contributed by atoms with Crippen LogP contribution in [-0.2, 0) is 4.79 Å². The van der Waals surface area contributed by atoms with Gasteiger partial charge in [-0.1, -0.05) is 27.2 Å². The Bertz CT molecular complexity index is 347. The second-order valence-corrected chi connectivity index (χ2v) is 6.48.